The van der Waals surface area contributed by atoms with Crippen LogP contribution in [-0.4, -0.2) is 50.4 Å². The third-order valence-electron chi connectivity index (χ3n) is 5.45. The van der Waals surface area contributed by atoms with Gasteiger partial charge in [-0.05, 0) is 45.0 Å². The number of carbonyl (C=O) groups is 1. The molecule has 0 aromatic heterocycles. The quantitative estimate of drug-likeness (QED) is 0.771. The number of hydrogen-bond acceptors (Lipinski definition) is 4. The Bertz CT molecular complexity index is 882. The first-order valence-electron chi connectivity index (χ1n) is 10.2. The Balaban J connectivity index is 1.70. The molecule has 0 spiro atoms. The van der Waals surface area contributed by atoms with Gasteiger partial charge in [-0.3, -0.25) is 0 Å². The lowest BCUT2D eigenvalue weighted by Crippen LogP contribution is -2.45. The fourth-order valence-electron chi connectivity index (χ4n) is 3.82. The summed E-state index contributed by atoms with van der Waals surface area (Å²) in [6.45, 7) is 7.14. The molecule has 6 nitrogen and oxygen atoms in total. The summed E-state index contributed by atoms with van der Waals surface area (Å²) in [6.07, 6.45) is 0.0790. The highest BCUT2D eigenvalue weighted by Crippen LogP contribution is 2.29. The first-order chi connectivity index (χ1) is 14.3. The van der Waals surface area contributed by atoms with Crippen LogP contribution >= 0.6 is 0 Å². The average molecular weight is 416 g/mol. The molecule has 162 valence electrons. The number of benzene rings is 2. The van der Waals surface area contributed by atoms with E-state index in [1.807, 2.05) is 49.9 Å². The summed E-state index contributed by atoms with van der Waals surface area (Å²) in [5.74, 6) is 0.351. The van der Waals surface area contributed by atoms with Crippen LogP contribution in [0.4, 0.5) is 20.6 Å². The maximum atomic E-state index is 14.8. The summed E-state index contributed by atoms with van der Waals surface area (Å²) in [5, 5.41) is 2.78. The Kier molecular flexibility index (Phi) is 6.82. The van der Waals surface area contributed by atoms with Crippen LogP contribution in [0.3, 0.4) is 0 Å². The summed E-state index contributed by atoms with van der Waals surface area (Å²) in [7, 11) is 3.31. The van der Waals surface area contributed by atoms with Crippen LogP contribution in [0, 0.1) is 5.82 Å². The molecule has 3 unspecified atom stereocenters. The number of para-hydroxylation sites is 1. The topological polar surface area (TPSA) is 54.0 Å². The summed E-state index contributed by atoms with van der Waals surface area (Å²) in [6, 6.07) is 11.8. The molecule has 3 atom stereocenters. The number of carbonyl (C=O) groups excluding carboxylic acids is 1. The second kappa shape index (κ2) is 9.34. The Morgan fingerprint density at radius 1 is 1.23 bits per heavy atom. The van der Waals surface area contributed by atoms with Gasteiger partial charge >= 0.3 is 6.03 Å². The molecule has 1 heterocycles. The molecule has 1 aliphatic heterocycles. The number of methoxy groups -OCH3 is 1. The highest BCUT2D eigenvalue weighted by Gasteiger charge is 2.25. The molecule has 1 saturated heterocycles. The standard InChI is InChI=1S/C23H30FN3O3/c1-15-13-27(14-16(2)30-15)21-11-10-18(12-20(21)24)25-23(28)26(4)17(3)19-8-6-7-9-22(19)29-5/h6-12,15-17H,13-14H2,1-5H3,(H,25,28). The molecule has 0 radical (unpaired) electrons. The van der Waals surface area contributed by atoms with E-state index in [9.17, 15) is 9.18 Å². The van der Waals surface area contributed by atoms with Gasteiger partial charge in [-0.25, -0.2) is 9.18 Å². The fraction of sp³-hybridized carbons (Fsp3) is 0.435. The predicted octanol–water partition coefficient (Wildman–Crippen LogP) is 4.67. The van der Waals surface area contributed by atoms with Gasteiger partial charge in [0.1, 0.15) is 11.6 Å². The second-order valence-electron chi connectivity index (χ2n) is 7.79. The predicted molar refractivity (Wildman–Crippen MR) is 117 cm³/mol. The van der Waals surface area contributed by atoms with Crippen molar-refractivity contribution >= 4 is 17.4 Å². The number of anilines is 2. The van der Waals surface area contributed by atoms with E-state index in [4.69, 9.17) is 9.47 Å². The zero-order valence-corrected chi connectivity index (χ0v) is 18.2. The zero-order valence-electron chi connectivity index (χ0n) is 18.2. The number of nitrogens with one attached hydrogen (secondary N) is 1. The van der Waals surface area contributed by atoms with Gasteiger partial charge in [-0.15, -0.1) is 0 Å². The first kappa shape index (κ1) is 21.9. The number of hydrogen-bond donors (Lipinski definition) is 1. The molecule has 30 heavy (non-hydrogen) atoms. The summed E-state index contributed by atoms with van der Waals surface area (Å²) in [5.41, 5.74) is 1.83. The summed E-state index contributed by atoms with van der Waals surface area (Å²) < 4.78 is 25.9. The van der Waals surface area contributed by atoms with E-state index in [-0.39, 0.29) is 30.1 Å². The van der Waals surface area contributed by atoms with Crippen molar-refractivity contribution in [3.05, 3.63) is 53.8 Å². The molecular weight excluding hydrogens is 385 g/mol. The Morgan fingerprint density at radius 3 is 2.53 bits per heavy atom. The molecule has 2 aromatic rings. The lowest BCUT2D eigenvalue weighted by molar-refractivity contribution is -0.00539. The highest BCUT2D eigenvalue weighted by molar-refractivity contribution is 5.89. The number of ether oxygens (including phenoxy) is 2. The number of rotatable bonds is 5. The van der Waals surface area contributed by atoms with Crippen molar-refractivity contribution in [1.29, 1.82) is 0 Å². The van der Waals surface area contributed by atoms with E-state index < -0.39 is 0 Å². The Hall–Kier alpha value is -2.80. The molecule has 2 aromatic carbocycles. The molecule has 0 saturated carbocycles. The summed E-state index contributed by atoms with van der Waals surface area (Å²) >= 11 is 0. The molecular formula is C23H30FN3O3. The maximum Gasteiger partial charge on any atom is 0.322 e. The maximum absolute atomic E-state index is 14.8. The molecule has 0 aliphatic carbocycles. The van der Waals surface area contributed by atoms with Crippen molar-refractivity contribution in [2.24, 2.45) is 0 Å². The average Bonchev–Trinajstić information content (AvgIpc) is 2.72. The number of urea groups is 1. The molecule has 1 N–H and O–H groups in total. The van der Waals surface area contributed by atoms with Gasteiger partial charge in [0.2, 0.25) is 0 Å². The van der Waals surface area contributed by atoms with Crippen LogP contribution in [0.15, 0.2) is 42.5 Å². The van der Waals surface area contributed by atoms with Gasteiger partial charge in [-0.2, -0.15) is 0 Å². The number of nitrogens with zero attached hydrogens (tertiary/aromatic N) is 2. The molecule has 0 bridgehead atoms. The van der Waals surface area contributed by atoms with Gasteiger partial charge in [0.15, 0.2) is 0 Å². The normalized spacial score (nSPS) is 19.9. The highest BCUT2D eigenvalue weighted by atomic mass is 19.1. The van der Waals surface area contributed by atoms with E-state index in [0.29, 0.717) is 30.2 Å². The van der Waals surface area contributed by atoms with Crippen LogP contribution in [0.5, 0.6) is 5.75 Å². The lowest BCUT2D eigenvalue weighted by Gasteiger charge is -2.37. The van der Waals surface area contributed by atoms with Crippen molar-refractivity contribution in [1.82, 2.24) is 4.90 Å². The zero-order chi connectivity index (χ0) is 21.8. The van der Waals surface area contributed by atoms with Gasteiger partial charge < -0.3 is 24.6 Å². The Morgan fingerprint density at radius 2 is 1.90 bits per heavy atom. The van der Waals surface area contributed by atoms with Crippen LogP contribution in [0.1, 0.15) is 32.4 Å². The number of morpholine rings is 1. The SMILES string of the molecule is COc1ccccc1C(C)N(C)C(=O)Nc1ccc(N2CC(C)OC(C)C2)c(F)c1. The molecule has 2 amide bonds. The van der Waals surface area contributed by atoms with Crippen molar-refractivity contribution in [3.8, 4) is 5.75 Å². The number of halogens is 1. The van der Waals surface area contributed by atoms with E-state index in [0.717, 1.165) is 5.56 Å². The van der Waals surface area contributed by atoms with Crippen LogP contribution in [-0.2, 0) is 4.74 Å². The van der Waals surface area contributed by atoms with E-state index >= 15 is 0 Å². The van der Waals surface area contributed by atoms with Gasteiger partial charge in [0, 0.05) is 31.4 Å². The summed E-state index contributed by atoms with van der Waals surface area (Å²) in [4.78, 5) is 16.3. The smallest absolute Gasteiger partial charge is 0.322 e. The van der Waals surface area contributed by atoms with Crippen molar-refractivity contribution < 1.29 is 18.7 Å². The van der Waals surface area contributed by atoms with Gasteiger partial charge in [-0.1, -0.05) is 18.2 Å². The van der Waals surface area contributed by atoms with Crippen molar-refractivity contribution in [2.75, 3.05) is 37.5 Å². The van der Waals surface area contributed by atoms with Crippen molar-refractivity contribution in [2.45, 2.75) is 39.0 Å². The minimum absolute atomic E-state index is 0.0395. The minimum atomic E-state index is -0.366. The van der Waals surface area contributed by atoms with E-state index in [2.05, 4.69) is 5.32 Å². The first-order valence-corrected chi connectivity index (χ1v) is 10.2. The largest absolute Gasteiger partial charge is 0.496 e. The van der Waals surface area contributed by atoms with E-state index in [1.165, 1.54) is 6.07 Å². The van der Waals surface area contributed by atoms with Crippen LogP contribution < -0.4 is 15.0 Å². The monoisotopic (exact) mass is 415 g/mol. The van der Waals surface area contributed by atoms with Crippen LogP contribution in [0.2, 0.25) is 0 Å². The Labute approximate surface area is 177 Å². The van der Waals surface area contributed by atoms with Gasteiger partial charge in [0.05, 0.1) is 31.0 Å². The van der Waals surface area contributed by atoms with E-state index in [1.54, 1.807) is 31.2 Å². The molecule has 7 heteroatoms. The van der Waals surface area contributed by atoms with Crippen molar-refractivity contribution in [3.63, 3.8) is 0 Å². The van der Waals surface area contributed by atoms with Gasteiger partial charge in [0.25, 0.3) is 0 Å². The number of amides is 2. The van der Waals surface area contributed by atoms with Crippen LogP contribution in [0.25, 0.3) is 0 Å². The molecule has 3 rings (SSSR count). The molecule has 1 aliphatic rings. The lowest BCUT2D eigenvalue weighted by atomic mass is 10.1. The minimum Gasteiger partial charge on any atom is -0.496 e. The third kappa shape index (κ3) is 4.84. The third-order valence-corrected chi connectivity index (χ3v) is 5.45. The molecule has 1 fully saturated rings. The second-order valence-corrected chi connectivity index (χ2v) is 7.79. The fourth-order valence-corrected chi connectivity index (χ4v) is 3.82.